The Hall–Kier alpha value is -4.07. The summed E-state index contributed by atoms with van der Waals surface area (Å²) in [5, 5.41) is 17.2. The summed E-state index contributed by atoms with van der Waals surface area (Å²) in [4.78, 5) is 28.4. The second kappa shape index (κ2) is 11.0. The lowest BCUT2D eigenvalue weighted by Gasteiger charge is -2.31. The van der Waals surface area contributed by atoms with E-state index in [9.17, 15) is 14.7 Å². The van der Waals surface area contributed by atoms with Gasteiger partial charge < -0.3 is 10.0 Å². The zero-order valence-corrected chi connectivity index (χ0v) is 22.3. The molecule has 3 aromatic carbocycles. The first-order valence-electron chi connectivity index (χ1n) is 13.2. The number of piperidine rings is 1. The fraction of sp³-hybridized carbons (Fsp3) is 0.219. The molecule has 7 heteroatoms. The van der Waals surface area contributed by atoms with Crippen molar-refractivity contribution in [3.63, 3.8) is 0 Å². The van der Waals surface area contributed by atoms with Crippen LogP contribution in [0.2, 0.25) is 0 Å². The zero-order valence-electron chi connectivity index (χ0n) is 21.5. The van der Waals surface area contributed by atoms with Gasteiger partial charge in [-0.3, -0.25) is 9.59 Å². The number of anilines is 1. The molecule has 0 unspecified atom stereocenters. The monoisotopic (exact) mass is 535 g/mol. The van der Waals surface area contributed by atoms with Crippen molar-refractivity contribution < 1.29 is 14.7 Å². The average molecular weight is 536 g/mol. The van der Waals surface area contributed by atoms with Crippen LogP contribution in [-0.4, -0.2) is 45.6 Å². The molecule has 1 saturated heterocycles. The topological polar surface area (TPSA) is 75.4 Å². The Morgan fingerprint density at radius 2 is 1.54 bits per heavy atom. The van der Waals surface area contributed by atoms with Crippen LogP contribution in [0.3, 0.4) is 0 Å². The Morgan fingerprint density at radius 1 is 0.846 bits per heavy atom. The third-order valence-corrected chi connectivity index (χ3v) is 8.27. The molecule has 0 saturated carbocycles. The molecule has 0 amide bonds. The SMILES string of the molecule is O=C(Cc1ccc(-n2ncc3cc(CC(=O)c4cccs4)ccc32)cc1)c1ccc(N2CCC(O)CC2)cc1. The minimum Gasteiger partial charge on any atom is -0.393 e. The van der Waals surface area contributed by atoms with E-state index in [-0.39, 0.29) is 17.7 Å². The fourth-order valence-electron chi connectivity index (χ4n) is 5.13. The molecule has 1 aliphatic rings. The number of carbonyl (C=O) groups excluding carboxylic acids is 2. The van der Waals surface area contributed by atoms with Crippen LogP contribution >= 0.6 is 11.3 Å². The molecule has 0 atom stereocenters. The summed E-state index contributed by atoms with van der Waals surface area (Å²) in [5.41, 5.74) is 5.59. The van der Waals surface area contributed by atoms with E-state index in [2.05, 4.69) is 10.00 Å². The summed E-state index contributed by atoms with van der Waals surface area (Å²) in [5.74, 6) is 0.207. The number of fused-ring (bicyclic) bond motifs is 1. The normalized spacial score (nSPS) is 14.1. The van der Waals surface area contributed by atoms with Gasteiger partial charge in [0.15, 0.2) is 11.6 Å². The van der Waals surface area contributed by atoms with Crippen molar-refractivity contribution in [1.29, 1.82) is 0 Å². The summed E-state index contributed by atoms with van der Waals surface area (Å²) in [7, 11) is 0. The largest absolute Gasteiger partial charge is 0.393 e. The van der Waals surface area contributed by atoms with Crippen molar-refractivity contribution >= 4 is 39.5 Å². The van der Waals surface area contributed by atoms with Crippen molar-refractivity contribution in [2.24, 2.45) is 0 Å². The number of rotatable bonds is 8. The van der Waals surface area contributed by atoms with Gasteiger partial charge in [0, 0.05) is 42.6 Å². The smallest absolute Gasteiger partial charge is 0.177 e. The maximum atomic E-state index is 12.9. The van der Waals surface area contributed by atoms with E-state index in [0.717, 1.165) is 64.2 Å². The van der Waals surface area contributed by atoms with Gasteiger partial charge in [-0.2, -0.15) is 5.10 Å². The number of hydrogen-bond acceptors (Lipinski definition) is 6. The molecule has 1 fully saturated rings. The maximum Gasteiger partial charge on any atom is 0.177 e. The Balaban J connectivity index is 1.11. The van der Waals surface area contributed by atoms with Crippen molar-refractivity contribution in [3.05, 3.63) is 112 Å². The molecule has 0 bridgehead atoms. The lowest BCUT2D eigenvalue weighted by Crippen LogP contribution is -2.35. The summed E-state index contributed by atoms with van der Waals surface area (Å²) in [6, 6.07) is 25.5. The van der Waals surface area contributed by atoms with E-state index in [0.29, 0.717) is 18.4 Å². The van der Waals surface area contributed by atoms with Gasteiger partial charge in [0.05, 0.1) is 28.4 Å². The molecule has 2 aromatic heterocycles. The number of aliphatic hydroxyl groups is 1. The van der Waals surface area contributed by atoms with Gasteiger partial charge in [-0.15, -0.1) is 11.3 Å². The van der Waals surface area contributed by atoms with E-state index in [4.69, 9.17) is 0 Å². The van der Waals surface area contributed by atoms with Gasteiger partial charge >= 0.3 is 0 Å². The molecule has 1 aliphatic heterocycles. The third kappa shape index (κ3) is 5.55. The molecule has 0 aliphatic carbocycles. The molecule has 39 heavy (non-hydrogen) atoms. The molecule has 5 aromatic rings. The van der Waals surface area contributed by atoms with Crippen LogP contribution < -0.4 is 4.90 Å². The van der Waals surface area contributed by atoms with Crippen LogP contribution in [0.25, 0.3) is 16.6 Å². The van der Waals surface area contributed by atoms with E-state index in [1.807, 2.05) is 95.1 Å². The summed E-state index contributed by atoms with van der Waals surface area (Å²) < 4.78 is 1.88. The molecule has 3 heterocycles. The fourth-order valence-corrected chi connectivity index (χ4v) is 5.80. The summed E-state index contributed by atoms with van der Waals surface area (Å²) >= 11 is 1.47. The van der Waals surface area contributed by atoms with Crippen molar-refractivity contribution in [3.8, 4) is 5.69 Å². The van der Waals surface area contributed by atoms with Gasteiger partial charge in [0.1, 0.15) is 0 Å². The zero-order chi connectivity index (χ0) is 26.8. The summed E-state index contributed by atoms with van der Waals surface area (Å²) in [6.07, 6.45) is 3.88. The number of benzene rings is 3. The molecular formula is C32H29N3O3S. The highest BCUT2D eigenvalue weighted by atomic mass is 32.1. The Morgan fingerprint density at radius 3 is 2.26 bits per heavy atom. The van der Waals surface area contributed by atoms with E-state index < -0.39 is 0 Å². The predicted octanol–water partition coefficient (Wildman–Crippen LogP) is 5.90. The molecular weight excluding hydrogens is 506 g/mol. The number of carbonyl (C=O) groups is 2. The standard InChI is InChI=1S/C32H29N3O3S/c36-28-13-15-34(16-14-28)26-10-6-24(7-11-26)30(37)19-22-3-8-27(9-4-22)35-29-12-5-23(18-25(29)21-33-35)20-31(38)32-2-1-17-39-32/h1-12,17-18,21,28,36H,13-16,19-20H2. The number of aromatic nitrogens is 2. The van der Waals surface area contributed by atoms with Crippen LogP contribution in [0.4, 0.5) is 5.69 Å². The predicted molar refractivity (Wildman–Crippen MR) is 155 cm³/mol. The van der Waals surface area contributed by atoms with Crippen LogP contribution in [0.15, 0.2) is 90.4 Å². The molecule has 196 valence electrons. The summed E-state index contributed by atoms with van der Waals surface area (Å²) in [6.45, 7) is 1.67. The van der Waals surface area contributed by atoms with Gasteiger partial charge in [0.2, 0.25) is 0 Å². The second-order valence-electron chi connectivity index (χ2n) is 10.1. The highest BCUT2D eigenvalue weighted by molar-refractivity contribution is 7.12. The van der Waals surface area contributed by atoms with Crippen LogP contribution in [0.5, 0.6) is 0 Å². The van der Waals surface area contributed by atoms with Gasteiger partial charge in [-0.1, -0.05) is 24.3 Å². The second-order valence-corrected chi connectivity index (χ2v) is 11.0. The van der Waals surface area contributed by atoms with E-state index in [1.165, 1.54) is 11.3 Å². The number of nitrogens with zero attached hydrogens (tertiary/aromatic N) is 3. The lowest BCUT2D eigenvalue weighted by atomic mass is 10.0. The molecule has 0 radical (unpaired) electrons. The third-order valence-electron chi connectivity index (χ3n) is 7.36. The Bertz CT molecular complexity index is 1600. The van der Waals surface area contributed by atoms with Crippen LogP contribution in [-0.2, 0) is 12.8 Å². The van der Waals surface area contributed by atoms with E-state index in [1.54, 1.807) is 0 Å². The van der Waals surface area contributed by atoms with Crippen LogP contribution in [0, 0.1) is 0 Å². The van der Waals surface area contributed by atoms with Gasteiger partial charge in [0.25, 0.3) is 0 Å². The quantitative estimate of drug-likeness (QED) is 0.251. The number of thiophene rings is 1. The number of ketones is 2. The molecule has 1 N–H and O–H groups in total. The Labute approximate surface area is 231 Å². The Kier molecular flexibility index (Phi) is 7.09. The first-order valence-corrected chi connectivity index (χ1v) is 14.1. The first-order chi connectivity index (χ1) is 19.0. The van der Waals surface area contributed by atoms with Gasteiger partial charge in [-0.05, 0) is 83.9 Å². The maximum absolute atomic E-state index is 12.9. The van der Waals surface area contributed by atoms with Crippen molar-refractivity contribution in [1.82, 2.24) is 9.78 Å². The molecule has 6 rings (SSSR count). The van der Waals surface area contributed by atoms with Crippen LogP contribution in [0.1, 0.15) is 44.0 Å². The lowest BCUT2D eigenvalue weighted by molar-refractivity contribution is 0.0986. The molecule has 6 nitrogen and oxygen atoms in total. The van der Waals surface area contributed by atoms with Crippen molar-refractivity contribution in [2.45, 2.75) is 31.8 Å². The highest BCUT2D eigenvalue weighted by Gasteiger charge is 2.18. The van der Waals surface area contributed by atoms with E-state index >= 15 is 0 Å². The minimum atomic E-state index is -0.202. The minimum absolute atomic E-state index is 0.0810. The van der Waals surface area contributed by atoms with Gasteiger partial charge in [-0.25, -0.2) is 4.68 Å². The molecule has 0 spiro atoms. The highest BCUT2D eigenvalue weighted by Crippen LogP contribution is 2.23. The van der Waals surface area contributed by atoms with Crippen molar-refractivity contribution in [2.75, 3.05) is 18.0 Å². The number of aliphatic hydroxyl groups excluding tert-OH is 1. The first kappa shape index (κ1) is 25.2. The number of Topliss-reactive ketones (excluding diaryl/α,β-unsaturated/α-hetero) is 2. The average Bonchev–Trinajstić information content (AvgIpc) is 3.65. The number of hydrogen-bond donors (Lipinski definition) is 1.